The monoisotopic (exact) mass is 443 g/mol. The summed E-state index contributed by atoms with van der Waals surface area (Å²) in [5, 5.41) is 2.57. The average molecular weight is 443 g/mol. The molecule has 0 saturated heterocycles. The molecule has 7 heteroatoms. The second kappa shape index (κ2) is 9.08. The van der Waals surface area contributed by atoms with Gasteiger partial charge in [0.15, 0.2) is 24.8 Å². The zero-order chi connectivity index (χ0) is 23.5. The molecule has 1 aliphatic rings. The van der Waals surface area contributed by atoms with Crippen LogP contribution in [0.3, 0.4) is 0 Å². The van der Waals surface area contributed by atoms with Crippen LogP contribution in [0.2, 0.25) is 0 Å². The first-order valence-corrected chi connectivity index (χ1v) is 10.3. The van der Waals surface area contributed by atoms with Crippen LogP contribution >= 0.6 is 0 Å². The van der Waals surface area contributed by atoms with Crippen molar-refractivity contribution in [3.63, 3.8) is 0 Å². The summed E-state index contributed by atoms with van der Waals surface area (Å²) in [6.07, 6.45) is 0. The van der Waals surface area contributed by atoms with Crippen LogP contribution in [0.15, 0.2) is 60.7 Å². The number of aryl methyl sites for hydroxylation is 2. The second-order valence-electron chi connectivity index (χ2n) is 7.75. The van der Waals surface area contributed by atoms with Gasteiger partial charge < -0.3 is 14.8 Å². The van der Waals surface area contributed by atoms with Gasteiger partial charge in [-0.3, -0.25) is 14.4 Å². The summed E-state index contributed by atoms with van der Waals surface area (Å²) in [6.45, 7) is 2.93. The number of nitrogens with one attached hydrogen (secondary N) is 1. The van der Waals surface area contributed by atoms with Gasteiger partial charge in [0, 0.05) is 16.7 Å². The Labute approximate surface area is 190 Å². The van der Waals surface area contributed by atoms with Gasteiger partial charge in [-0.05, 0) is 43.2 Å². The van der Waals surface area contributed by atoms with E-state index in [1.165, 1.54) is 6.07 Å². The Morgan fingerprint density at radius 3 is 2.12 bits per heavy atom. The van der Waals surface area contributed by atoms with E-state index in [0.29, 0.717) is 11.3 Å². The van der Waals surface area contributed by atoms with Crippen molar-refractivity contribution in [1.82, 2.24) is 0 Å². The van der Waals surface area contributed by atoms with Gasteiger partial charge >= 0.3 is 5.97 Å². The van der Waals surface area contributed by atoms with Crippen molar-refractivity contribution in [2.24, 2.45) is 0 Å². The molecule has 0 atom stereocenters. The molecule has 0 heterocycles. The molecule has 1 N–H and O–H groups in total. The molecule has 0 spiro atoms. The van der Waals surface area contributed by atoms with Crippen LogP contribution in [0.4, 0.5) is 5.69 Å². The third-order valence-electron chi connectivity index (χ3n) is 5.14. The molecule has 0 unspecified atom stereocenters. The molecule has 0 aromatic heterocycles. The lowest BCUT2D eigenvalue weighted by Crippen LogP contribution is -2.26. The van der Waals surface area contributed by atoms with Crippen LogP contribution in [0.1, 0.15) is 43.0 Å². The number of ketones is 2. The molecule has 4 rings (SSSR count). The molecule has 3 aromatic carbocycles. The lowest BCUT2D eigenvalue weighted by molar-refractivity contribution is -0.149. The van der Waals surface area contributed by atoms with Gasteiger partial charge in [0.25, 0.3) is 5.91 Å². The maximum atomic E-state index is 13.0. The van der Waals surface area contributed by atoms with Gasteiger partial charge in [0.1, 0.15) is 5.75 Å². The molecule has 0 aliphatic heterocycles. The first-order chi connectivity index (χ1) is 15.8. The van der Waals surface area contributed by atoms with Crippen molar-refractivity contribution in [1.29, 1.82) is 0 Å². The van der Waals surface area contributed by atoms with Gasteiger partial charge in [-0.1, -0.05) is 42.5 Å². The lowest BCUT2D eigenvalue weighted by Gasteiger charge is -2.20. The first kappa shape index (κ1) is 22.0. The average Bonchev–Trinajstić information content (AvgIpc) is 2.79. The van der Waals surface area contributed by atoms with Crippen molar-refractivity contribution in [2.75, 3.05) is 18.5 Å². The molecule has 3 aromatic rings. The molecule has 1 aliphatic carbocycles. The molecule has 0 fully saturated rings. The summed E-state index contributed by atoms with van der Waals surface area (Å²) in [5.74, 6) is -1.45. The number of fused-ring (bicyclic) bond motifs is 2. The zero-order valence-corrected chi connectivity index (χ0v) is 18.1. The summed E-state index contributed by atoms with van der Waals surface area (Å²) in [7, 11) is 0. The van der Waals surface area contributed by atoms with E-state index in [0.717, 1.165) is 11.1 Å². The minimum atomic E-state index is -0.709. The van der Waals surface area contributed by atoms with E-state index in [-0.39, 0.29) is 40.6 Å². The number of hydrogen-bond acceptors (Lipinski definition) is 6. The molecule has 7 nitrogen and oxygen atoms in total. The number of carbonyl (C=O) groups excluding carboxylic acids is 4. The molecular weight excluding hydrogens is 422 g/mol. The van der Waals surface area contributed by atoms with Crippen molar-refractivity contribution < 1.29 is 28.7 Å². The molecule has 33 heavy (non-hydrogen) atoms. The molecule has 166 valence electrons. The molecule has 0 bridgehead atoms. The summed E-state index contributed by atoms with van der Waals surface area (Å²) in [4.78, 5) is 50.1. The van der Waals surface area contributed by atoms with E-state index in [1.807, 2.05) is 19.9 Å². The number of carbonyl (C=O) groups is 4. The largest absolute Gasteiger partial charge is 0.482 e. The van der Waals surface area contributed by atoms with Gasteiger partial charge in [-0.2, -0.15) is 0 Å². The molecule has 0 radical (unpaired) electrons. The van der Waals surface area contributed by atoms with E-state index in [4.69, 9.17) is 9.47 Å². The third kappa shape index (κ3) is 4.67. The van der Waals surface area contributed by atoms with Crippen LogP contribution in [0, 0.1) is 13.8 Å². The fourth-order valence-corrected chi connectivity index (χ4v) is 3.78. The number of amides is 1. The van der Waals surface area contributed by atoms with Crippen LogP contribution in [0.25, 0.3) is 0 Å². The van der Waals surface area contributed by atoms with E-state index >= 15 is 0 Å². The number of anilines is 1. The molecule has 1 amide bonds. The van der Waals surface area contributed by atoms with Gasteiger partial charge in [0.05, 0.1) is 11.3 Å². The fraction of sp³-hybridized carbons (Fsp3) is 0.154. The van der Waals surface area contributed by atoms with E-state index in [1.54, 1.807) is 48.5 Å². The minimum Gasteiger partial charge on any atom is -0.482 e. The minimum absolute atomic E-state index is 0.124. The van der Waals surface area contributed by atoms with E-state index in [2.05, 4.69) is 5.32 Å². The summed E-state index contributed by atoms with van der Waals surface area (Å²) in [6, 6.07) is 16.8. The second-order valence-corrected chi connectivity index (χ2v) is 7.75. The Kier molecular flexibility index (Phi) is 6.04. The Balaban J connectivity index is 1.39. The third-order valence-corrected chi connectivity index (χ3v) is 5.14. The predicted octanol–water partition coefficient (Wildman–Crippen LogP) is 3.64. The maximum Gasteiger partial charge on any atom is 0.344 e. The highest BCUT2D eigenvalue weighted by Gasteiger charge is 2.31. The van der Waals surface area contributed by atoms with Crippen LogP contribution in [-0.4, -0.2) is 36.7 Å². The van der Waals surface area contributed by atoms with Gasteiger partial charge in [-0.15, -0.1) is 0 Å². The Bertz CT molecular complexity index is 1270. The SMILES string of the molecule is Cc1cc(C)cc(OCC(=O)OCC(=O)Nc2cccc3c2C(=O)c2ccccc2C3=O)c1. The van der Waals surface area contributed by atoms with Crippen molar-refractivity contribution >= 4 is 29.1 Å². The summed E-state index contributed by atoms with van der Waals surface area (Å²) < 4.78 is 10.4. The normalized spacial score (nSPS) is 11.9. The van der Waals surface area contributed by atoms with E-state index < -0.39 is 18.5 Å². The summed E-state index contributed by atoms with van der Waals surface area (Å²) in [5.41, 5.74) is 3.14. The standard InChI is InChI=1S/C26H21NO6/c1-15-10-16(2)12-17(11-15)32-14-23(29)33-13-22(28)27-21-9-5-8-20-24(21)26(31)19-7-4-3-6-18(19)25(20)30/h3-12H,13-14H2,1-2H3,(H,27,28). The highest BCUT2D eigenvalue weighted by atomic mass is 16.6. The number of rotatable bonds is 6. The van der Waals surface area contributed by atoms with Crippen molar-refractivity contribution in [2.45, 2.75) is 13.8 Å². The maximum absolute atomic E-state index is 13.0. The van der Waals surface area contributed by atoms with Crippen molar-refractivity contribution in [3.8, 4) is 5.75 Å². The zero-order valence-electron chi connectivity index (χ0n) is 18.1. The van der Waals surface area contributed by atoms with Gasteiger partial charge in [-0.25, -0.2) is 4.79 Å². The first-order valence-electron chi connectivity index (χ1n) is 10.3. The van der Waals surface area contributed by atoms with Crippen LogP contribution in [-0.2, 0) is 14.3 Å². The number of esters is 1. The smallest absolute Gasteiger partial charge is 0.344 e. The highest BCUT2D eigenvalue weighted by molar-refractivity contribution is 6.30. The van der Waals surface area contributed by atoms with E-state index in [9.17, 15) is 19.2 Å². The summed E-state index contributed by atoms with van der Waals surface area (Å²) >= 11 is 0. The number of ether oxygens (including phenoxy) is 2. The predicted molar refractivity (Wildman–Crippen MR) is 121 cm³/mol. The Morgan fingerprint density at radius 1 is 0.788 bits per heavy atom. The number of benzene rings is 3. The molecule has 0 saturated carbocycles. The lowest BCUT2D eigenvalue weighted by atomic mass is 9.83. The molecular formula is C26H21NO6. The topological polar surface area (TPSA) is 98.8 Å². The Hall–Kier alpha value is -4.26. The number of hydrogen-bond donors (Lipinski definition) is 1. The van der Waals surface area contributed by atoms with Crippen molar-refractivity contribution in [3.05, 3.63) is 94.0 Å². The van der Waals surface area contributed by atoms with Crippen LogP contribution in [0.5, 0.6) is 5.75 Å². The van der Waals surface area contributed by atoms with Crippen LogP contribution < -0.4 is 10.1 Å². The highest BCUT2D eigenvalue weighted by Crippen LogP contribution is 2.31. The Morgan fingerprint density at radius 2 is 1.42 bits per heavy atom. The fourth-order valence-electron chi connectivity index (χ4n) is 3.78. The quantitative estimate of drug-likeness (QED) is 0.457. The van der Waals surface area contributed by atoms with Gasteiger partial charge in [0.2, 0.25) is 0 Å².